The maximum atomic E-state index is 4.44. The van der Waals surface area contributed by atoms with Crippen LogP contribution in [0.4, 0.5) is 0 Å². The van der Waals surface area contributed by atoms with Crippen LogP contribution in [0.3, 0.4) is 0 Å². The van der Waals surface area contributed by atoms with Crippen molar-refractivity contribution >= 4 is 34.0 Å². The minimum atomic E-state index is 0. The molecule has 3 rings (SSSR count). The fourth-order valence-electron chi connectivity index (χ4n) is 2.10. The molecule has 2 heterocycles. The number of halogens is 2. The summed E-state index contributed by atoms with van der Waals surface area (Å²) in [5, 5.41) is 0. The topological polar surface area (TPSA) is 25.8 Å². The van der Waals surface area contributed by atoms with Gasteiger partial charge in [-0.05, 0) is 41.0 Å². The lowest BCUT2D eigenvalue weighted by atomic mass is 10.0. The van der Waals surface area contributed by atoms with E-state index in [0.717, 1.165) is 12.1 Å². The molecule has 0 saturated heterocycles. The van der Waals surface area contributed by atoms with Crippen molar-refractivity contribution in [2.24, 2.45) is 0 Å². The van der Waals surface area contributed by atoms with Crippen molar-refractivity contribution in [3.8, 4) is 11.1 Å². The number of hydrogen-bond acceptors (Lipinski definition) is 2. The second-order valence-electron chi connectivity index (χ2n) is 4.43. The Balaban J connectivity index is 0.00000110. The predicted molar refractivity (Wildman–Crippen MR) is 97.4 cm³/mol. The largest absolute Gasteiger partial charge is 0.265 e. The summed E-state index contributed by atoms with van der Waals surface area (Å²) in [5.41, 5.74) is 4.72. The Bertz CT molecular complexity index is 658. The number of pyridine rings is 2. The van der Waals surface area contributed by atoms with E-state index in [1.165, 1.54) is 16.7 Å². The Labute approximate surface area is 145 Å². The van der Waals surface area contributed by atoms with Crippen LogP contribution in [0.5, 0.6) is 0 Å². The fraction of sp³-hybridized carbons (Fsp3) is 0.0588. The lowest BCUT2D eigenvalue weighted by Crippen LogP contribution is -1.92. The lowest BCUT2D eigenvalue weighted by molar-refractivity contribution is 1.08. The van der Waals surface area contributed by atoms with Crippen LogP contribution in [0.15, 0.2) is 73.2 Å². The number of nitrogens with zero attached hydrogens (tertiary/aromatic N) is 2. The Morgan fingerprint density at radius 3 is 2.10 bits per heavy atom. The van der Waals surface area contributed by atoms with Crippen molar-refractivity contribution in [2.45, 2.75) is 6.42 Å². The van der Waals surface area contributed by atoms with E-state index >= 15 is 0 Å². The summed E-state index contributed by atoms with van der Waals surface area (Å²) in [6.45, 7) is 0. The first kappa shape index (κ1) is 17.5. The van der Waals surface area contributed by atoms with E-state index in [1.807, 2.05) is 42.9 Å². The summed E-state index contributed by atoms with van der Waals surface area (Å²) in [6.07, 6.45) is 6.35. The first-order valence-electron chi connectivity index (χ1n) is 6.31. The van der Waals surface area contributed by atoms with E-state index in [-0.39, 0.29) is 34.0 Å². The molecule has 0 amide bonds. The zero-order valence-corrected chi connectivity index (χ0v) is 14.8. The van der Waals surface area contributed by atoms with Crippen LogP contribution in [0, 0.1) is 0 Å². The zero-order chi connectivity index (χ0) is 12.9. The van der Waals surface area contributed by atoms with Crippen molar-refractivity contribution in [3.63, 3.8) is 0 Å². The molecule has 2 nitrogen and oxygen atoms in total. The van der Waals surface area contributed by atoms with Crippen LogP contribution in [0.2, 0.25) is 0 Å². The third kappa shape index (κ3) is 4.76. The van der Waals surface area contributed by atoms with Gasteiger partial charge in [0.05, 0.1) is 0 Å². The van der Waals surface area contributed by atoms with Crippen LogP contribution in [0.25, 0.3) is 11.1 Å². The van der Waals surface area contributed by atoms with Crippen molar-refractivity contribution in [1.82, 2.24) is 9.97 Å². The highest BCUT2D eigenvalue weighted by atomic mass is 79.9. The molecule has 0 atom stereocenters. The average Bonchev–Trinajstić information content (AvgIpc) is 2.49. The zero-order valence-electron chi connectivity index (χ0n) is 11.3. The van der Waals surface area contributed by atoms with Gasteiger partial charge in [0.2, 0.25) is 0 Å². The normalized spacial score (nSPS) is 9.33. The first-order chi connectivity index (χ1) is 9.42. The molecule has 0 N–H and O–H groups in total. The van der Waals surface area contributed by atoms with E-state index in [9.17, 15) is 0 Å². The smallest absolute Gasteiger partial charge is 0.0453 e. The number of benzene rings is 1. The number of aromatic nitrogens is 2. The summed E-state index contributed by atoms with van der Waals surface area (Å²) in [5.74, 6) is 0. The lowest BCUT2D eigenvalue weighted by Gasteiger charge is -2.05. The molecule has 0 spiro atoms. The Morgan fingerprint density at radius 2 is 1.38 bits per heavy atom. The Kier molecular flexibility index (Phi) is 7.26. The summed E-state index contributed by atoms with van der Waals surface area (Å²) in [7, 11) is 0. The van der Waals surface area contributed by atoms with Crippen molar-refractivity contribution in [3.05, 3.63) is 84.4 Å². The molecular weight excluding hydrogens is 392 g/mol. The van der Waals surface area contributed by atoms with E-state index < -0.39 is 0 Å². The van der Waals surface area contributed by atoms with Crippen LogP contribution in [-0.2, 0) is 6.42 Å². The standard InChI is InChI=1S/C17H14N2.2BrH/c1-2-4-14(5-3-1)12-17-13-16(8-11-19-17)15-6-9-18-10-7-15;;/h1-11,13H,12H2;2*1H. The highest BCUT2D eigenvalue weighted by molar-refractivity contribution is 8.93. The van der Waals surface area contributed by atoms with Crippen molar-refractivity contribution < 1.29 is 0 Å². The highest BCUT2D eigenvalue weighted by Gasteiger charge is 2.01. The van der Waals surface area contributed by atoms with Crippen LogP contribution in [0.1, 0.15) is 11.3 Å². The third-order valence-electron chi connectivity index (χ3n) is 3.06. The van der Waals surface area contributed by atoms with E-state index in [2.05, 4.69) is 40.3 Å². The molecule has 0 saturated carbocycles. The van der Waals surface area contributed by atoms with Crippen LogP contribution in [-0.4, -0.2) is 9.97 Å². The van der Waals surface area contributed by atoms with E-state index in [1.54, 1.807) is 0 Å². The van der Waals surface area contributed by atoms with Crippen molar-refractivity contribution in [2.75, 3.05) is 0 Å². The second-order valence-corrected chi connectivity index (χ2v) is 4.43. The van der Waals surface area contributed by atoms with Gasteiger partial charge in [0, 0.05) is 30.7 Å². The van der Waals surface area contributed by atoms with Gasteiger partial charge in [0.1, 0.15) is 0 Å². The van der Waals surface area contributed by atoms with Gasteiger partial charge in [-0.25, -0.2) is 0 Å². The Morgan fingerprint density at radius 1 is 0.714 bits per heavy atom. The molecule has 4 heteroatoms. The van der Waals surface area contributed by atoms with Gasteiger partial charge in [-0.2, -0.15) is 0 Å². The monoisotopic (exact) mass is 406 g/mol. The number of hydrogen-bond donors (Lipinski definition) is 0. The molecule has 0 aliphatic carbocycles. The summed E-state index contributed by atoms with van der Waals surface area (Å²) in [6, 6.07) is 18.6. The van der Waals surface area contributed by atoms with Crippen LogP contribution < -0.4 is 0 Å². The minimum Gasteiger partial charge on any atom is -0.265 e. The summed E-state index contributed by atoms with van der Waals surface area (Å²) >= 11 is 0. The highest BCUT2D eigenvalue weighted by Crippen LogP contribution is 2.19. The molecular formula is C17H16Br2N2. The van der Waals surface area contributed by atoms with E-state index in [4.69, 9.17) is 0 Å². The summed E-state index contributed by atoms with van der Waals surface area (Å²) < 4.78 is 0. The molecule has 108 valence electrons. The van der Waals surface area contributed by atoms with Gasteiger partial charge in [-0.15, -0.1) is 34.0 Å². The molecule has 21 heavy (non-hydrogen) atoms. The number of rotatable bonds is 3. The van der Waals surface area contributed by atoms with E-state index in [0.29, 0.717) is 0 Å². The van der Waals surface area contributed by atoms with Gasteiger partial charge >= 0.3 is 0 Å². The second kappa shape index (κ2) is 8.70. The van der Waals surface area contributed by atoms with Gasteiger partial charge in [-0.1, -0.05) is 30.3 Å². The van der Waals surface area contributed by atoms with Gasteiger partial charge in [0.25, 0.3) is 0 Å². The maximum Gasteiger partial charge on any atom is 0.0453 e. The average molecular weight is 408 g/mol. The molecule has 0 fully saturated rings. The molecule has 2 aromatic heterocycles. The molecule has 1 aromatic carbocycles. The van der Waals surface area contributed by atoms with Gasteiger partial charge in [-0.3, -0.25) is 9.97 Å². The van der Waals surface area contributed by atoms with Crippen molar-refractivity contribution in [1.29, 1.82) is 0 Å². The fourth-order valence-corrected chi connectivity index (χ4v) is 2.10. The molecule has 0 aliphatic rings. The molecule has 3 aromatic rings. The maximum absolute atomic E-state index is 4.44. The van der Waals surface area contributed by atoms with Gasteiger partial charge in [0.15, 0.2) is 0 Å². The SMILES string of the molecule is Br.Br.c1ccc(Cc2cc(-c3ccncc3)ccn2)cc1. The quantitative estimate of drug-likeness (QED) is 0.617. The first-order valence-corrected chi connectivity index (χ1v) is 6.31. The molecule has 0 radical (unpaired) electrons. The molecule has 0 unspecified atom stereocenters. The van der Waals surface area contributed by atoms with Crippen LogP contribution >= 0.6 is 34.0 Å². The molecule has 0 aliphatic heterocycles. The predicted octanol–water partition coefficient (Wildman–Crippen LogP) is 4.89. The molecule has 0 bridgehead atoms. The Hall–Kier alpha value is -1.52. The third-order valence-corrected chi connectivity index (χ3v) is 3.06. The summed E-state index contributed by atoms with van der Waals surface area (Å²) in [4.78, 5) is 8.49. The minimum absolute atomic E-state index is 0. The van der Waals surface area contributed by atoms with Gasteiger partial charge < -0.3 is 0 Å².